The van der Waals surface area contributed by atoms with Crippen molar-refractivity contribution in [2.24, 2.45) is 0 Å². The first-order valence-electron chi connectivity index (χ1n) is 11.4. The largest absolute Gasteiger partial charge is 0.416 e. The number of carbonyl (C=O) groups is 2. The third-order valence-electron chi connectivity index (χ3n) is 6.00. The molecule has 1 aliphatic heterocycles. The van der Waals surface area contributed by atoms with E-state index in [1.54, 1.807) is 36.3 Å². The number of nitrogens with zero attached hydrogens (tertiary/aromatic N) is 4. The minimum Gasteiger partial charge on any atom is -0.322 e. The van der Waals surface area contributed by atoms with Crippen LogP contribution in [-0.2, 0) is 12.6 Å². The number of halogens is 3. The molecule has 2 amide bonds. The van der Waals surface area contributed by atoms with Gasteiger partial charge in [-0.1, -0.05) is 29.4 Å². The summed E-state index contributed by atoms with van der Waals surface area (Å²) in [4.78, 5) is 37.7. The number of carbonyl (C=O) groups excluding carboxylic acids is 2. The van der Waals surface area contributed by atoms with Gasteiger partial charge in [0.05, 0.1) is 29.1 Å². The van der Waals surface area contributed by atoms with Gasteiger partial charge in [-0.05, 0) is 43.7 Å². The second-order valence-corrected chi connectivity index (χ2v) is 9.89. The van der Waals surface area contributed by atoms with Crippen molar-refractivity contribution in [1.82, 2.24) is 19.8 Å². The zero-order chi connectivity index (χ0) is 26.7. The van der Waals surface area contributed by atoms with E-state index in [0.29, 0.717) is 21.1 Å². The van der Waals surface area contributed by atoms with E-state index >= 15 is 0 Å². The van der Waals surface area contributed by atoms with Crippen molar-refractivity contribution in [3.05, 3.63) is 75.6 Å². The molecule has 0 saturated carbocycles. The molecular weight excluding hydrogens is 503 g/mol. The maximum absolute atomic E-state index is 13.0. The number of hydrogen-bond acceptors (Lipinski definition) is 6. The lowest BCUT2D eigenvalue weighted by atomic mass is 10.00. The number of aromatic nitrogens is 2. The Labute approximate surface area is 216 Å². The summed E-state index contributed by atoms with van der Waals surface area (Å²) in [5.74, 6) is 5.66. The molecule has 0 atom stereocenters. The summed E-state index contributed by atoms with van der Waals surface area (Å²) < 4.78 is 38.9. The Balaban J connectivity index is 1.43. The molecule has 1 N–H and O–H groups in total. The Morgan fingerprint density at radius 1 is 1.19 bits per heavy atom. The summed E-state index contributed by atoms with van der Waals surface area (Å²) in [6.45, 7) is 3.50. The number of hydrogen-bond donors (Lipinski definition) is 1. The number of nitrogens with one attached hydrogen (secondary N) is 1. The minimum absolute atomic E-state index is 0.0437. The number of rotatable bonds is 5. The summed E-state index contributed by atoms with van der Waals surface area (Å²) in [7, 11) is 3.75. The summed E-state index contributed by atoms with van der Waals surface area (Å²) >= 11 is 1.24. The zero-order valence-corrected chi connectivity index (χ0v) is 21.2. The van der Waals surface area contributed by atoms with Gasteiger partial charge in [-0.15, -0.1) is 0 Å². The summed E-state index contributed by atoms with van der Waals surface area (Å²) in [6.07, 6.45) is -2.15. The smallest absolute Gasteiger partial charge is 0.322 e. The van der Waals surface area contributed by atoms with Crippen molar-refractivity contribution < 1.29 is 22.8 Å². The first-order valence-corrected chi connectivity index (χ1v) is 12.2. The molecule has 0 aliphatic carbocycles. The number of pyridine rings is 1. The van der Waals surface area contributed by atoms with E-state index in [1.807, 2.05) is 14.0 Å². The Morgan fingerprint density at radius 3 is 2.65 bits per heavy atom. The van der Waals surface area contributed by atoms with E-state index in [2.05, 4.69) is 32.0 Å². The lowest BCUT2D eigenvalue weighted by Gasteiger charge is -2.41. The molecule has 0 radical (unpaired) electrons. The van der Waals surface area contributed by atoms with Crippen molar-refractivity contribution in [1.29, 1.82) is 0 Å². The molecule has 1 fully saturated rings. The average molecular weight is 528 g/mol. The van der Waals surface area contributed by atoms with Crippen LogP contribution in [0, 0.1) is 18.8 Å². The molecule has 11 heteroatoms. The molecule has 2 aromatic heterocycles. The number of alkyl halides is 3. The number of anilines is 1. The van der Waals surface area contributed by atoms with Gasteiger partial charge in [0, 0.05) is 43.2 Å². The van der Waals surface area contributed by atoms with Crippen LogP contribution in [0.4, 0.5) is 23.1 Å². The molecule has 3 heterocycles. The lowest BCUT2D eigenvalue weighted by Crippen LogP contribution is -2.58. The number of likely N-dealkylation sites (N-methyl/N-ethyl adjacent to an activating group) is 2. The predicted molar refractivity (Wildman–Crippen MR) is 135 cm³/mol. The molecule has 0 unspecified atom stereocenters. The van der Waals surface area contributed by atoms with Gasteiger partial charge in [-0.3, -0.25) is 15.1 Å². The first-order chi connectivity index (χ1) is 17.5. The van der Waals surface area contributed by atoms with Crippen molar-refractivity contribution in [2.75, 3.05) is 32.5 Å². The molecule has 3 aromatic rings. The number of aryl methyl sites for hydroxylation is 1. The predicted octanol–water partition coefficient (Wildman–Crippen LogP) is 4.47. The maximum Gasteiger partial charge on any atom is 0.416 e. The Kier molecular flexibility index (Phi) is 7.61. The van der Waals surface area contributed by atoms with Crippen LogP contribution in [-0.4, -0.2) is 64.8 Å². The van der Waals surface area contributed by atoms with Gasteiger partial charge in [0.15, 0.2) is 10.9 Å². The molecule has 37 heavy (non-hydrogen) atoms. The SMILES string of the molecule is Cc1ccc(C(=O)Cc2cc(C(F)(F)F)ccn2)cc1C#Cc1cnc(NC(=O)N(C)C2CN(C)C2)s1. The van der Waals surface area contributed by atoms with Gasteiger partial charge in [-0.2, -0.15) is 13.2 Å². The highest BCUT2D eigenvalue weighted by Gasteiger charge is 2.31. The number of likely N-dealkylation sites (tertiary alicyclic amines) is 1. The Bertz CT molecular complexity index is 1390. The van der Waals surface area contributed by atoms with Gasteiger partial charge in [-0.25, -0.2) is 9.78 Å². The molecule has 7 nitrogen and oxygen atoms in total. The van der Waals surface area contributed by atoms with Gasteiger partial charge in [0.2, 0.25) is 0 Å². The number of Topliss-reactive ketones (excluding diaryl/α,β-unsaturated/α-hetero) is 1. The van der Waals surface area contributed by atoms with Crippen LogP contribution in [0.2, 0.25) is 0 Å². The van der Waals surface area contributed by atoms with E-state index in [-0.39, 0.29) is 30.0 Å². The number of amides is 2. The van der Waals surface area contributed by atoms with Crippen LogP contribution in [0.1, 0.15) is 37.6 Å². The van der Waals surface area contributed by atoms with Crippen LogP contribution >= 0.6 is 11.3 Å². The number of benzene rings is 1. The average Bonchev–Trinajstić information content (AvgIpc) is 3.27. The molecule has 0 spiro atoms. The molecule has 1 saturated heterocycles. The molecule has 1 aliphatic rings. The molecule has 1 aromatic carbocycles. The standard InChI is InChI=1S/C26H24F3N5O2S/c1-16-4-5-18(23(35)12-20-11-19(8-9-30-20)26(27,28)29)10-17(16)6-7-22-13-31-24(37-22)32-25(36)34(3)21-14-33(2)15-21/h4-5,8-11,13,21H,12,14-15H2,1-3H3,(H,31,32,36). The molecule has 4 rings (SSSR count). The van der Waals surface area contributed by atoms with E-state index in [4.69, 9.17) is 0 Å². The third-order valence-corrected chi connectivity index (χ3v) is 6.83. The van der Waals surface area contributed by atoms with Crippen LogP contribution in [0.3, 0.4) is 0 Å². The van der Waals surface area contributed by atoms with E-state index < -0.39 is 11.7 Å². The highest BCUT2D eigenvalue weighted by Crippen LogP contribution is 2.29. The monoisotopic (exact) mass is 527 g/mol. The fraction of sp³-hybridized carbons (Fsp3) is 0.308. The normalized spacial score (nSPS) is 13.9. The van der Waals surface area contributed by atoms with Gasteiger partial charge in [0.25, 0.3) is 0 Å². The Hall–Kier alpha value is -3.75. The topological polar surface area (TPSA) is 78.4 Å². The quantitative estimate of drug-likeness (QED) is 0.392. The van der Waals surface area contributed by atoms with Crippen molar-refractivity contribution in [3.63, 3.8) is 0 Å². The molecule has 0 bridgehead atoms. The molecular formula is C26H24F3N5O2S. The number of ketones is 1. The van der Waals surface area contributed by atoms with Crippen molar-refractivity contribution >= 4 is 28.3 Å². The summed E-state index contributed by atoms with van der Waals surface area (Å²) in [6, 6.07) is 6.67. The zero-order valence-electron chi connectivity index (χ0n) is 20.4. The van der Waals surface area contributed by atoms with Gasteiger partial charge in [0.1, 0.15) is 0 Å². The van der Waals surface area contributed by atoms with E-state index in [0.717, 1.165) is 37.0 Å². The van der Waals surface area contributed by atoms with E-state index in [1.165, 1.54) is 11.3 Å². The van der Waals surface area contributed by atoms with Crippen LogP contribution < -0.4 is 5.32 Å². The van der Waals surface area contributed by atoms with Gasteiger partial charge < -0.3 is 9.80 Å². The Morgan fingerprint density at radius 2 is 1.95 bits per heavy atom. The van der Waals surface area contributed by atoms with Crippen LogP contribution in [0.25, 0.3) is 0 Å². The number of urea groups is 1. The van der Waals surface area contributed by atoms with Crippen LogP contribution in [0.5, 0.6) is 0 Å². The minimum atomic E-state index is -4.50. The summed E-state index contributed by atoms with van der Waals surface area (Å²) in [5, 5.41) is 3.22. The fourth-order valence-corrected chi connectivity index (χ4v) is 4.38. The first kappa shape index (κ1) is 26.3. The van der Waals surface area contributed by atoms with Crippen LogP contribution in [0.15, 0.2) is 42.7 Å². The molecule has 192 valence electrons. The lowest BCUT2D eigenvalue weighted by molar-refractivity contribution is -0.137. The second-order valence-electron chi connectivity index (χ2n) is 8.86. The van der Waals surface area contributed by atoms with Crippen molar-refractivity contribution in [3.8, 4) is 11.8 Å². The third kappa shape index (κ3) is 6.53. The fourth-order valence-electron chi connectivity index (χ4n) is 3.72. The highest BCUT2D eigenvalue weighted by atomic mass is 32.1. The number of thiazole rings is 1. The van der Waals surface area contributed by atoms with E-state index in [9.17, 15) is 22.8 Å². The highest BCUT2D eigenvalue weighted by molar-refractivity contribution is 7.16. The van der Waals surface area contributed by atoms with Crippen molar-refractivity contribution in [2.45, 2.75) is 25.6 Å². The summed E-state index contributed by atoms with van der Waals surface area (Å²) in [5.41, 5.74) is 0.975. The second kappa shape index (κ2) is 10.7. The maximum atomic E-state index is 13.0. The van der Waals surface area contributed by atoms with Gasteiger partial charge >= 0.3 is 12.2 Å².